The Morgan fingerprint density at radius 3 is 2.67 bits per heavy atom. The summed E-state index contributed by atoms with van der Waals surface area (Å²) in [6.07, 6.45) is 0.328. The summed E-state index contributed by atoms with van der Waals surface area (Å²) in [7, 11) is 0. The van der Waals surface area contributed by atoms with Crippen molar-refractivity contribution in [3.8, 4) is 0 Å². The van der Waals surface area contributed by atoms with Gasteiger partial charge in [-0.2, -0.15) is 0 Å². The van der Waals surface area contributed by atoms with E-state index in [1.807, 2.05) is 0 Å². The topological polar surface area (TPSA) is 75.4 Å². The number of hydrogen-bond acceptors (Lipinski definition) is 5. The summed E-state index contributed by atoms with van der Waals surface area (Å²) >= 11 is 0. The van der Waals surface area contributed by atoms with Crippen molar-refractivity contribution in [1.82, 2.24) is 0 Å². The van der Waals surface area contributed by atoms with Gasteiger partial charge in [0.2, 0.25) is 0 Å². The molecule has 15 heavy (non-hydrogen) atoms. The molecule has 0 spiro atoms. The first kappa shape index (κ1) is 14.5. The largest absolute Gasteiger partial charge is 0.600 e. The lowest BCUT2D eigenvalue weighted by Crippen LogP contribution is -3.05. The zero-order valence-corrected chi connectivity index (χ0v) is 8.98. The Hall–Kier alpha value is -0.500. The molecule has 0 aromatic rings. The molecule has 0 fully saturated rings. The zero-order valence-electron chi connectivity index (χ0n) is 8.98. The fourth-order valence-corrected chi connectivity index (χ4v) is 0.714. The van der Waals surface area contributed by atoms with Crippen LogP contribution >= 0.6 is 0 Å². The lowest BCUT2D eigenvalue weighted by Gasteiger charge is -2.17. The number of aliphatic hydroxyl groups excluding tert-OH is 1. The molecule has 0 aliphatic heterocycles. The van der Waals surface area contributed by atoms with Gasteiger partial charge in [0.05, 0.1) is 19.8 Å². The summed E-state index contributed by atoms with van der Waals surface area (Å²) in [6.45, 7) is 6.64. The molecule has 6 nitrogen and oxygen atoms in total. The molecule has 0 amide bonds. The van der Waals surface area contributed by atoms with Crippen LogP contribution in [0.1, 0.15) is 6.92 Å². The van der Waals surface area contributed by atoms with Crippen LogP contribution in [0.5, 0.6) is 0 Å². The van der Waals surface area contributed by atoms with Gasteiger partial charge in [-0.1, -0.05) is 6.58 Å². The predicted octanol–water partition coefficient (Wildman–Crippen LogP) is -1.14. The highest BCUT2D eigenvalue weighted by molar-refractivity contribution is 4.69. The molecule has 0 radical (unpaired) electrons. The van der Waals surface area contributed by atoms with Crippen molar-refractivity contribution in [2.24, 2.45) is 0 Å². The minimum atomic E-state index is -0.952. The van der Waals surface area contributed by atoms with Crippen molar-refractivity contribution in [1.29, 1.82) is 0 Å². The molecule has 0 saturated heterocycles. The van der Waals surface area contributed by atoms with Crippen molar-refractivity contribution in [2.45, 2.75) is 13.2 Å². The Morgan fingerprint density at radius 1 is 1.40 bits per heavy atom. The third-order valence-corrected chi connectivity index (χ3v) is 1.50. The molecular formula is C9H19NO5. The van der Waals surface area contributed by atoms with Crippen molar-refractivity contribution in [3.63, 3.8) is 0 Å². The molecule has 0 aliphatic rings. The second-order valence-corrected chi connectivity index (χ2v) is 2.68. The van der Waals surface area contributed by atoms with Crippen LogP contribution in [0.25, 0.3) is 0 Å². The SMILES string of the molecule is C=CC(O)OCCOCCO[NH+]([O-])CC. The second-order valence-electron chi connectivity index (χ2n) is 2.68. The van der Waals surface area contributed by atoms with Crippen LogP contribution in [-0.2, 0) is 14.3 Å². The number of nitrogens with one attached hydrogen (secondary N) is 1. The highest BCUT2D eigenvalue weighted by Gasteiger charge is 1.97. The van der Waals surface area contributed by atoms with Crippen LogP contribution in [-0.4, -0.2) is 44.4 Å². The van der Waals surface area contributed by atoms with Crippen LogP contribution < -0.4 is 5.23 Å². The average Bonchev–Trinajstić information content (AvgIpc) is 2.26. The molecule has 0 aromatic carbocycles. The number of hydrogen-bond donors (Lipinski definition) is 2. The standard InChI is InChI=1S/C9H19NO5/c1-3-9(11)14-7-5-13-6-8-15-10(12)4-2/h3,9-11H,1,4-8H2,2H3. The van der Waals surface area contributed by atoms with E-state index in [0.29, 0.717) is 19.8 Å². The molecular weight excluding hydrogens is 202 g/mol. The van der Waals surface area contributed by atoms with E-state index in [0.717, 1.165) is 0 Å². The van der Waals surface area contributed by atoms with E-state index in [2.05, 4.69) is 6.58 Å². The van der Waals surface area contributed by atoms with Crippen LogP contribution in [0, 0.1) is 5.21 Å². The summed E-state index contributed by atoms with van der Waals surface area (Å²) < 4.78 is 9.92. The smallest absolute Gasteiger partial charge is 0.173 e. The summed E-state index contributed by atoms with van der Waals surface area (Å²) in [6, 6.07) is 0. The van der Waals surface area contributed by atoms with Crippen LogP contribution in [0.4, 0.5) is 0 Å². The van der Waals surface area contributed by atoms with Gasteiger partial charge in [-0.05, 0) is 13.0 Å². The van der Waals surface area contributed by atoms with E-state index < -0.39 is 6.29 Å². The maximum atomic E-state index is 10.7. The van der Waals surface area contributed by atoms with E-state index >= 15 is 0 Å². The molecule has 0 heterocycles. The van der Waals surface area contributed by atoms with Gasteiger partial charge in [0, 0.05) is 0 Å². The average molecular weight is 221 g/mol. The highest BCUT2D eigenvalue weighted by atomic mass is 16.9. The van der Waals surface area contributed by atoms with E-state index in [-0.39, 0.29) is 18.4 Å². The van der Waals surface area contributed by atoms with Crippen molar-refractivity contribution in [3.05, 3.63) is 17.9 Å². The fraction of sp³-hybridized carbons (Fsp3) is 0.778. The minimum absolute atomic E-state index is 0.239. The summed E-state index contributed by atoms with van der Waals surface area (Å²) in [5.74, 6) is 0. The Morgan fingerprint density at radius 2 is 2.07 bits per heavy atom. The molecule has 0 aliphatic carbocycles. The maximum Gasteiger partial charge on any atom is 0.173 e. The lowest BCUT2D eigenvalue weighted by molar-refractivity contribution is -1.05. The monoisotopic (exact) mass is 221 g/mol. The molecule has 0 rings (SSSR count). The molecule has 0 aromatic heterocycles. The van der Waals surface area contributed by atoms with Crippen LogP contribution in [0.2, 0.25) is 0 Å². The third-order valence-electron chi connectivity index (χ3n) is 1.50. The number of rotatable bonds is 10. The summed E-state index contributed by atoms with van der Waals surface area (Å²) in [5, 5.41) is 19.3. The van der Waals surface area contributed by atoms with Crippen molar-refractivity contribution >= 4 is 0 Å². The van der Waals surface area contributed by atoms with Gasteiger partial charge < -0.3 is 19.8 Å². The molecule has 0 bridgehead atoms. The van der Waals surface area contributed by atoms with Gasteiger partial charge in [0.15, 0.2) is 6.29 Å². The minimum Gasteiger partial charge on any atom is -0.600 e. The molecule has 2 N–H and O–H groups in total. The quantitative estimate of drug-likeness (QED) is 0.211. The molecule has 2 atom stereocenters. The van der Waals surface area contributed by atoms with Gasteiger partial charge in [0.25, 0.3) is 0 Å². The van der Waals surface area contributed by atoms with Crippen molar-refractivity contribution < 1.29 is 24.6 Å². The van der Waals surface area contributed by atoms with Crippen LogP contribution in [0.3, 0.4) is 0 Å². The predicted molar refractivity (Wildman–Crippen MR) is 53.8 cm³/mol. The molecule has 2 unspecified atom stereocenters. The van der Waals surface area contributed by atoms with Gasteiger partial charge in [-0.3, -0.25) is 0 Å². The normalized spacial score (nSPS) is 14.9. The van der Waals surface area contributed by atoms with Gasteiger partial charge in [-0.15, -0.1) is 0 Å². The summed E-state index contributed by atoms with van der Waals surface area (Å²) in [4.78, 5) is 4.77. The van der Waals surface area contributed by atoms with E-state index in [9.17, 15) is 5.21 Å². The Kier molecular flexibility index (Phi) is 9.70. The number of hydroxylamine groups is 2. The Labute approximate surface area is 89.6 Å². The van der Waals surface area contributed by atoms with E-state index in [1.54, 1.807) is 6.92 Å². The number of quaternary nitrogens is 1. The fourth-order valence-electron chi connectivity index (χ4n) is 0.714. The first-order chi connectivity index (χ1) is 7.20. The second kappa shape index (κ2) is 10.0. The van der Waals surface area contributed by atoms with Gasteiger partial charge >= 0.3 is 0 Å². The van der Waals surface area contributed by atoms with E-state index in [4.69, 9.17) is 19.4 Å². The zero-order chi connectivity index (χ0) is 11.5. The molecule has 6 heteroatoms. The first-order valence-electron chi connectivity index (χ1n) is 4.86. The van der Waals surface area contributed by atoms with E-state index in [1.165, 1.54) is 6.08 Å². The lowest BCUT2D eigenvalue weighted by atomic mass is 10.6. The molecule has 90 valence electrons. The number of ether oxygens (including phenoxy) is 2. The van der Waals surface area contributed by atoms with Crippen LogP contribution in [0.15, 0.2) is 12.7 Å². The third kappa shape index (κ3) is 9.80. The molecule has 0 saturated carbocycles. The summed E-state index contributed by atoms with van der Waals surface area (Å²) in [5.41, 5.74) is 0. The van der Waals surface area contributed by atoms with Gasteiger partial charge in [0.1, 0.15) is 13.2 Å². The Bertz CT molecular complexity index is 155. The number of aliphatic hydroxyl groups is 1. The first-order valence-corrected chi connectivity index (χ1v) is 4.86. The Balaban J connectivity index is 3.08. The maximum absolute atomic E-state index is 10.7. The van der Waals surface area contributed by atoms with Gasteiger partial charge in [-0.25, -0.2) is 10.1 Å². The van der Waals surface area contributed by atoms with Crippen molar-refractivity contribution in [2.75, 3.05) is 33.0 Å². The highest BCUT2D eigenvalue weighted by Crippen LogP contribution is 1.87.